The summed E-state index contributed by atoms with van der Waals surface area (Å²) in [6.45, 7) is 7.57. The monoisotopic (exact) mass is 373 g/mol. The largest absolute Gasteiger partial charge is 0.462 e. The number of aryl methyl sites for hydroxylation is 2. The lowest BCUT2D eigenvalue weighted by Gasteiger charge is -2.20. The van der Waals surface area contributed by atoms with E-state index >= 15 is 0 Å². The Bertz CT molecular complexity index is 723. The van der Waals surface area contributed by atoms with Crippen LogP contribution in [0.2, 0.25) is 0 Å². The summed E-state index contributed by atoms with van der Waals surface area (Å²) in [7, 11) is 1.17. The summed E-state index contributed by atoms with van der Waals surface area (Å²) in [5, 5.41) is 0. The minimum absolute atomic E-state index is 0.204. The first-order chi connectivity index (χ1) is 12.5. The van der Waals surface area contributed by atoms with Crippen molar-refractivity contribution in [1.82, 2.24) is 0 Å². The number of carbonyl (C=O) groups excluding carboxylic acids is 2. The first-order valence-electron chi connectivity index (χ1n) is 8.55. The highest BCUT2D eigenvalue weighted by molar-refractivity contribution is 7.00. The Hall–Kier alpha value is -2.32. The van der Waals surface area contributed by atoms with Gasteiger partial charge in [-0.3, -0.25) is 9.59 Å². The molecular weight excluding hydrogens is 347 g/mol. The minimum Gasteiger partial charge on any atom is -0.462 e. The van der Waals surface area contributed by atoms with Crippen molar-refractivity contribution in [2.45, 2.75) is 46.1 Å². The number of hydrogen-bond acceptors (Lipinski definition) is 4. The zero-order chi connectivity index (χ0) is 19.7. The molecule has 0 N–H and O–H groups in total. The van der Waals surface area contributed by atoms with Crippen molar-refractivity contribution in [3.8, 4) is 0 Å². The van der Waals surface area contributed by atoms with Crippen LogP contribution in [0.25, 0.3) is 0 Å². The van der Waals surface area contributed by atoms with Gasteiger partial charge >= 0.3 is 15.1 Å². The van der Waals surface area contributed by atoms with Crippen LogP contribution in [0.5, 0.6) is 0 Å². The third-order valence-electron chi connectivity index (χ3n) is 4.25. The van der Waals surface area contributed by atoms with Gasteiger partial charge in [0.25, 0.3) is 0 Å². The predicted molar refractivity (Wildman–Crippen MR) is 106 cm³/mol. The highest BCUT2D eigenvalue weighted by atomic mass is 31.0. The van der Waals surface area contributed by atoms with Gasteiger partial charge in [-0.15, -0.1) is 0 Å². The summed E-state index contributed by atoms with van der Waals surface area (Å²) in [5.74, 6) is -1.62. The van der Waals surface area contributed by atoms with Gasteiger partial charge in [0.15, 0.2) is 5.78 Å². The number of carbonyl (C=O) groups is 2. The Morgan fingerprint density at radius 2 is 1.50 bits per heavy atom. The molecule has 0 heterocycles. The SMILES string of the molecule is CCC(C)OC(=O)C(C(=O)c1c(C)cccc1C)c1ccccc1.O=[PH2+]. The normalized spacial score (nSPS) is 12.3. The topological polar surface area (TPSA) is 60.4 Å². The molecule has 0 saturated heterocycles. The van der Waals surface area contributed by atoms with Crippen molar-refractivity contribution in [2.75, 3.05) is 0 Å². The molecule has 138 valence electrons. The highest BCUT2D eigenvalue weighted by Gasteiger charge is 2.33. The van der Waals surface area contributed by atoms with E-state index in [-0.39, 0.29) is 11.9 Å². The van der Waals surface area contributed by atoms with Crippen molar-refractivity contribution in [3.05, 3.63) is 70.8 Å². The van der Waals surface area contributed by atoms with Crippen LogP contribution < -0.4 is 0 Å². The Balaban J connectivity index is 0.00000163. The summed E-state index contributed by atoms with van der Waals surface area (Å²) in [5.41, 5.74) is 3.01. The van der Waals surface area contributed by atoms with E-state index in [1.165, 1.54) is 9.12 Å². The minimum atomic E-state index is -0.931. The molecule has 26 heavy (non-hydrogen) atoms. The van der Waals surface area contributed by atoms with Gasteiger partial charge in [-0.2, -0.15) is 0 Å². The van der Waals surface area contributed by atoms with Crippen molar-refractivity contribution < 1.29 is 18.9 Å². The molecule has 0 fully saturated rings. The molecule has 0 aromatic heterocycles. The smallest absolute Gasteiger partial charge is 0.321 e. The number of hydrogen-bond donors (Lipinski definition) is 0. The molecule has 5 heteroatoms. The first kappa shape index (κ1) is 21.7. The van der Waals surface area contributed by atoms with Crippen molar-refractivity contribution in [1.29, 1.82) is 0 Å². The van der Waals surface area contributed by atoms with Crippen molar-refractivity contribution in [2.24, 2.45) is 0 Å². The predicted octanol–water partition coefficient (Wildman–Crippen LogP) is 4.82. The van der Waals surface area contributed by atoms with Crippen LogP contribution in [0.15, 0.2) is 48.5 Å². The number of ether oxygens (including phenoxy) is 1. The molecule has 0 radical (unpaired) electrons. The number of benzene rings is 2. The van der Waals surface area contributed by atoms with Crippen LogP contribution in [0.3, 0.4) is 0 Å². The van der Waals surface area contributed by atoms with E-state index in [0.29, 0.717) is 17.5 Å². The van der Waals surface area contributed by atoms with E-state index in [9.17, 15) is 9.59 Å². The van der Waals surface area contributed by atoms with Crippen LogP contribution in [-0.4, -0.2) is 17.9 Å². The maximum Gasteiger partial charge on any atom is 0.321 e. The van der Waals surface area contributed by atoms with Crippen LogP contribution in [0.4, 0.5) is 0 Å². The average Bonchev–Trinajstić information content (AvgIpc) is 2.64. The summed E-state index contributed by atoms with van der Waals surface area (Å²) in [6, 6.07) is 14.8. The molecule has 3 unspecified atom stereocenters. The van der Waals surface area contributed by atoms with E-state index in [2.05, 4.69) is 0 Å². The molecule has 0 aliphatic heterocycles. The van der Waals surface area contributed by atoms with Gasteiger partial charge in [0.1, 0.15) is 5.92 Å². The first-order valence-corrected chi connectivity index (χ1v) is 9.02. The van der Waals surface area contributed by atoms with Gasteiger partial charge in [-0.1, -0.05) is 60.0 Å². The second-order valence-electron chi connectivity index (χ2n) is 6.13. The van der Waals surface area contributed by atoms with Crippen molar-refractivity contribution in [3.63, 3.8) is 0 Å². The van der Waals surface area contributed by atoms with E-state index in [1.54, 1.807) is 12.1 Å². The van der Waals surface area contributed by atoms with E-state index < -0.39 is 11.9 Å². The lowest BCUT2D eigenvalue weighted by atomic mass is 9.87. The average molecular weight is 373 g/mol. The molecule has 0 saturated carbocycles. The van der Waals surface area contributed by atoms with Gasteiger partial charge in [0.2, 0.25) is 0 Å². The fraction of sp³-hybridized carbons (Fsp3) is 0.333. The molecule has 0 aliphatic rings. The third kappa shape index (κ3) is 5.34. The fourth-order valence-electron chi connectivity index (χ4n) is 2.74. The second kappa shape index (κ2) is 10.6. The van der Waals surface area contributed by atoms with Crippen LogP contribution in [0.1, 0.15) is 53.2 Å². The molecule has 3 atom stereocenters. The molecule has 0 spiro atoms. The molecule has 2 rings (SSSR count). The lowest BCUT2D eigenvalue weighted by molar-refractivity contribution is -0.148. The Morgan fingerprint density at radius 1 is 0.962 bits per heavy atom. The van der Waals surface area contributed by atoms with Crippen LogP contribution in [-0.2, 0) is 14.1 Å². The number of esters is 1. The van der Waals surface area contributed by atoms with E-state index in [0.717, 1.165) is 11.1 Å². The Labute approximate surface area is 157 Å². The van der Waals surface area contributed by atoms with Gasteiger partial charge in [-0.25, -0.2) is 0 Å². The molecule has 0 bridgehead atoms. The molecule has 4 nitrogen and oxygen atoms in total. The third-order valence-corrected chi connectivity index (χ3v) is 4.25. The standard InChI is InChI=1S/C21H24O3.H2OP/c1-5-16(4)24-21(23)19(17-12-7-6-8-13-17)20(22)18-14(2)10-9-11-15(18)3;1-2/h6-13,16,19H,5H2,1-4H3;2H2/q;+1. The number of rotatable bonds is 6. The Morgan fingerprint density at radius 3 is 2.00 bits per heavy atom. The summed E-state index contributed by atoms with van der Waals surface area (Å²) in [4.78, 5) is 25.9. The Kier molecular flexibility index (Phi) is 8.87. The van der Waals surface area contributed by atoms with Gasteiger partial charge in [0.05, 0.1) is 6.10 Å². The maximum absolute atomic E-state index is 13.2. The maximum atomic E-state index is 13.2. The highest BCUT2D eigenvalue weighted by Crippen LogP contribution is 2.27. The van der Waals surface area contributed by atoms with Crippen molar-refractivity contribution >= 4 is 20.9 Å². The fourth-order valence-corrected chi connectivity index (χ4v) is 2.74. The van der Waals surface area contributed by atoms with Crippen LogP contribution >= 0.6 is 9.12 Å². The lowest BCUT2D eigenvalue weighted by Crippen LogP contribution is -2.28. The molecule has 2 aromatic carbocycles. The summed E-state index contributed by atoms with van der Waals surface area (Å²) < 4.78 is 13.6. The van der Waals surface area contributed by atoms with Crippen LogP contribution in [0, 0.1) is 13.8 Å². The molecular formula is C21H26O4P+. The number of ketones is 1. The summed E-state index contributed by atoms with van der Waals surface area (Å²) in [6.07, 6.45) is 0.500. The molecule has 0 aliphatic carbocycles. The molecule has 0 amide bonds. The molecule has 2 aromatic rings. The zero-order valence-electron chi connectivity index (χ0n) is 15.7. The van der Waals surface area contributed by atoms with Gasteiger partial charge in [0, 0.05) is 5.56 Å². The van der Waals surface area contributed by atoms with Gasteiger partial charge in [-0.05, 0) is 43.9 Å². The quantitative estimate of drug-likeness (QED) is 0.315. The van der Waals surface area contributed by atoms with E-state index in [1.807, 2.05) is 64.1 Å². The summed E-state index contributed by atoms with van der Waals surface area (Å²) >= 11 is 0. The second-order valence-corrected chi connectivity index (χ2v) is 6.13. The van der Waals surface area contributed by atoms with E-state index in [4.69, 9.17) is 9.30 Å². The zero-order valence-corrected chi connectivity index (χ0v) is 16.8. The number of Topliss-reactive ketones (excluding diaryl/α,β-unsaturated/α-hetero) is 1. The van der Waals surface area contributed by atoms with Gasteiger partial charge < -0.3 is 4.74 Å².